The first-order valence-corrected chi connectivity index (χ1v) is 10.8. The second kappa shape index (κ2) is 8.94. The van der Waals surface area contributed by atoms with Crippen LogP contribution >= 0.6 is 0 Å². The summed E-state index contributed by atoms with van der Waals surface area (Å²) in [5.41, 5.74) is 4.10. The lowest BCUT2D eigenvalue weighted by Gasteiger charge is -2.23. The number of nitrogens with one attached hydrogen (secondary N) is 2. The fourth-order valence-corrected chi connectivity index (χ4v) is 4.34. The molecule has 0 radical (unpaired) electrons. The molecule has 6 nitrogen and oxygen atoms in total. The molecular weight excluding hydrogens is 374 g/mol. The molecule has 2 rings (SSSR count). The van der Waals surface area contributed by atoms with E-state index in [1.807, 2.05) is 59.1 Å². The van der Waals surface area contributed by atoms with Gasteiger partial charge in [0.25, 0.3) is 0 Å². The molecular formula is C21H32N3O3S+. The predicted molar refractivity (Wildman–Crippen MR) is 114 cm³/mol. The normalized spacial score (nSPS) is 12.9. The van der Waals surface area contributed by atoms with Crippen molar-refractivity contribution < 1.29 is 18.1 Å². The minimum absolute atomic E-state index is 0.0106. The summed E-state index contributed by atoms with van der Waals surface area (Å²) < 4.78 is 34.0. The van der Waals surface area contributed by atoms with Crippen molar-refractivity contribution in [2.75, 3.05) is 46.7 Å². The number of rotatable bonds is 8. The van der Waals surface area contributed by atoms with Gasteiger partial charge in [-0.25, -0.2) is 13.1 Å². The Kier molecular flexibility index (Phi) is 7.09. The van der Waals surface area contributed by atoms with Crippen LogP contribution in [0.4, 0.5) is 5.69 Å². The van der Waals surface area contributed by atoms with Gasteiger partial charge in [0.15, 0.2) is 0 Å². The molecule has 0 unspecified atom stereocenters. The highest BCUT2D eigenvalue weighted by Gasteiger charge is 2.25. The number of nitrogens with zero attached hydrogens (tertiary/aromatic N) is 1. The summed E-state index contributed by atoms with van der Waals surface area (Å²) in [5, 5.41) is 0. The van der Waals surface area contributed by atoms with Gasteiger partial charge >= 0.3 is 0 Å². The second-order valence-electron chi connectivity index (χ2n) is 7.56. The van der Waals surface area contributed by atoms with Gasteiger partial charge in [0.05, 0.1) is 27.7 Å². The number of hydrogen-bond acceptors (Lipinski definition) is 4. The van der Waals surface area contributed by atoms with E-state index in [0.717, 1.165) is 27.3 Å². The lowest BCUT2D eigenvalue weighted by molar-refractivity contribution is -0.890. The Morgan fingerprint density at radius 1 is 1.07 bits per heavy atom. The van der Waals surface area contributed by atoms with Gasteiger partial charge in [0.1, 0.15) is 16.7 Å². The topological polar surface area (TPSA) is 63.1 Å². The molecule has 154 valence electrons. The minimum Gasteiger partial charge on any atom is -0.495 e. The van der Waals surface area contributed by atoms with E-state index in [0.29, 0.717) is 12.3 Å². The molecule has 0 spiro atoms. The lowest BCUT2D eigenvalue weighted by Crippen LogP contribution is -3.07. The highest BCUT2D eigenvalue weighted by molar-refractivity contribution is 7.89. The van der Waals surface area contributed by atoms with Crippen LogP contribution in [0.25, 0.3) is 0 Å². The fraction of sp³-hybridized carbons (Fsp3) is 0.429. The van der Waals surface area contributed by atoms with E-state index in [2.05, 4.69) is 16.9 Å². The van der Waals surface area contributed by atoms with Crippen molar-refractivity contribution in [3.05, 3.63) is 53.1 Å². The third-order valence-electron chi connectivity index (χ3n) is 5.06. The average Bonchev–Trinajstić information content (AvgIpc) is 2.63. The molecule has 0 saturated carbocycles. The highest BCUT2D eigenvalue weighted by atomic mass is 32.2. The largest absolute Gasteiger partial charge is 0.495 e. The summed E-state index contributed by atoms with van der Waals surface area (Å²) in [5.74, 6) is 0.361. The SMILES string of the molecule is COc1cc(C)c(C)cc1S(=O)(=O)NC[C@@H](c1ccc(N(C)C)cc1)[NH+](C)C. The third kappa shape index (κ3) is 5.04. The number of anilines is 1. The molecule has 0 aliphatic rings. The number of hydrogen-bond donors (Lipinski definition) is 2. The van der Waals surface area contributed by atoms with Crippen molar-refractivity contribution in [2.24, 2.45) is 0 Å². The summed E-state index contributed by atoms with van der Waals surface area (Å²) in [4.78, 5) is 3.36. The molecule has 0 aliphatic heterocycles. The molecule has 28 heavy (non-hydrogen) atoms. The van der Waals surface area contributed by atoms with Crippen molar-refractivity contribution in [1.82, 2.24) is 4.72 Å². The van der Waals surface area contributed by atoms with Crippen molar-refractivity contribution in [3.8, 4) is 5.75 Å². The Morgan fingerprint density at radius 2 is 1.64 bits per heavy atom. The third-order valence-corrected chi connectivity index (χ3v) is 6.50. The summed E-state index contributed by atoms with van der Waals surface area (Å²) in [6, 6.07) is 11.6. The standard InChI is InChI=1S/C21H31N3O3S/c1-15-12-20(27-7)21(13-16(15)2)28(25,26)22-14-19(24(5)6)17-8-10-18(11-9-17)23(3)4/h8-13,19,22H,14H2,1-7H3/p+1/t19-/m0/s1. The van der Waals surface area contributed by atoms with E-state index >= 15 is 0 Å². The zero-order chi connectivity index (χ0) is 21.1. The molecule has 0 aromatic heterocycles. The molecule has 0 aliphatic carbocycles. The van der Waals surface area contributed by atoms with Gasteiger partial charge in [-0.05, 0) is 49.2 Å². The van der Waals surface area contributed by atoms with E-state index in [9.17, 15) is 8.42 Å². The molecule has 7 heteroatoms. The minimum atomic E-state index is -3.70. The lowest BCUT2D eigenvalue weighted by atomic mass is 10.1. The quantitative estimate of drug-likeness (QED) is 0.698. The number of benzene rings is 2. The van der Waals surface area contributed by atoms with Crippen LogP contribution in [-0.2, 0) is 10.0 Å². The molecule has 0 saturated heterocycles. The zero-order valence-electron chi connectivity index (χ0n) is 17.8. The summed E-state index contributed by atoms with van der Waals surface area (Å²) in [6.07, 6.45) is 0. The monoisotopic (exact) mass is 406 g/mol. The van der Waals surface area contributed by atoms with Gasteiger partial charge in [-0.3, -0.25) is 0 Å². The Morgan fingerprint density at radius 3 is 2.14 bits per heavy atom. The van der Waals surface area contributed by atoms with Crippen LogP contribution in [0.15, 0.2) is 41.3 Å². The van der Waals surface area contributed by atoms with E-state index in [4.69, 9.17) is 4.74 Å². The Hall–Kier alpha value is -2.09. The number of ether oxygens (including phenoxy) is 1. The van der Waals surface area contributed by atoms with Gasteiger partial charge < -0.3 is 14.5 Å². The van der Waals surface area contributed by atoms with E-state index in [1.54, 1.807) is 12.1 Å². The van der Waals surface area contributed by atoms with Crippen molar-refractivity contribution in [1.29, 1.82) is 0 Å². The van der Waals surface area contributed by atoms with Gasteiger partial charge in [-0.15, -0.1) is 0 Å². The van der Waals surface area contributed by atoms with Gasteiger partial charge in [-0.1, -0.05) is 12.1 Å². The summed E-state index contributed by atoms with van der Waals surface area (Å²) >= 11 is 0. The first-order valence-electron chi connectivity index (χ1n) is 9.29. The van der Waals surface area contributed by atoms with Crippen LogP contribution in [0.2, 0.25) is 0 Å². The van der Waals surface area contributed by atoms with Crippen molar-refractivity contribution in [2.45, 2.75) is 24.8 Å². The molecule has 0 fully saturated rings. The van der Waals surface area contributed by atoms with Crippen LogP contribution < -0.4 is 19.3 Å². The Bertz CT molecular complexity index is 907. The molecule has 0 bridgehead atoms. The maximum absolute atomic E-state index is 13.0. The fourth-order valence-electron chi connectivity index (χ4n) is 3.06. The maximum Gasteiger partial charge on any atom is 0.244 e. The second-order valence-corrected chi connectivity index (χ2v) is 9.29. The predicted octanol–water partition coefficient (Wildman–Crippen LogP) is 1.54. The average molecular weight is 407 g/mol. The van der Waals surface area contributed by atoms with Crippen molar-refractivity contribution in [3.63, 3.8) is 0 Å². The number of methoxy groups -OCH3 is 1. The first-order chi connectivity index (χ1) is 13.1. The smallest absolute Gasteiger partial charge is 0.244 e. The van der Waals surface area contributed by atoms with Crippen LogP contribution in [-0.4, -0.2) is 50.3 Å². The summed E-state index contributed by atoms with van der Waals surface area (Å²) in [6.45, 7) is 4.12. The molecule has 0 heterocycles. The van der Waals surface area contributed by atoms with Gasteiger partial charge in [-0.2, -0.15) is 0 Å². The summed E-state index contributed by atoms with van der Waals surface area (Å²) in [7, 11) is 5.83. The number of likely N-dealkylation sites (N-methyl/N-ethyl adjacent to an activating group) is 1. The molecule has 2 aromatic rings. The molecule has 0 amide bonds. The van der Waals surface area contributed by atoms with Gasteiger partial charge in [0.2, 0.25) is 10.0 Å². The van der Waals surface area contributed by atoms with Crippen LogP contribution in [0.3, 0.4) is 0 Å². The maximum atomic E-state index is 13.0. The first kappa shape index (κ1) is 22.2. The van der Waals surface area contributed by atoms with Crippen LogP contribution in [0, 0.1) is 13.8 Å². The highest BCUT2D eigenvalue weighted by Crippen LogP contribution is 2.27. The molecule has 1 atom stereocenters. The van der Waals surface area contributed by atoms with E-state index < -0.39 is 10.0 Å². The van der Waals surface area contributed by atoms with Crippen molar-refractivity contribution >= 4 is 15.7 Å². The number of aryl methyl sites for hydroxylation is 2. The Balaban J connectivity index is 2.27. The van der Waals surface area contributed by atoms with E-state index in [1.165, 1.54) is 7.11 Å². The van der Waals surface area contributed by atoms with Crippen LogP contribution in [0.1, 0.15) is 22.7 Å². The number of sulfonamides is 1. The Labute approximate surface area is 169 Å². The number of quaternary nitrogens is 1. The van der Waals surface area contributed by atoms with E-state index in [-0.39, 0.29) is 10.9 Å². The van der Waals surface area contributed by atoms with Crippen LogP contribution in [0.5, 0.6) is 5.75 Å². The molecule has 2 aromatic carbocycles. The molecule has 2 N–H and O–H groups in total. The van der Waals surface area contributed by atoms with Gasteiger partial charge in [0, 0.05) is 25.3 Å². The zero-order valence-corrected chi connectivity index (χ0v) is 18.6.